The van der Waals surface area contributed by atoms with Gasteiger partial charge in [0, 0.05) is 11.1 Å². The van der Waals surface area contributed by atoms with Gasteiger partial charge in [-0.15, -0.1) is 11.3 Å². The molecule has 5 nitrogen and oxygen atoms in total. The van der Waals surface area contributed by atoms with Crippen molar-refractivity contribution < 1.29 is 9.32 Å². The van der Waals surface area contributed by atoms with Crippen molar-refractivity contribution >= 4 is 29.4 Å². The fourth-order valence-electron chi connectivity index (χ4n) is 2.01. The first-order valence-corrected chi connectivity index (χ1v) is 7.42. The third kappa shape index (κ3) is 2.82. The third-order valence-electron chi connectivity index (χ3n) is 3.11. The molecular weight excluding hydrogens is 298 g/mol. The van der Waals surface area contributed by atoms with E-state index in [0.29, 0.717) is 9.88 Å². The van der Waals surface area contributed by atoms with E-state index in [-0.39, 0.29) is 0 Å². The zero-order valence-electron chi connectivity index (χ0n) is 11.8. The van der Waals surface area contributed by atoms with E-state index in [2.05, 4.69) is 10.1 Å². The number of amides is 1. The quantitative estimate of drug-likeness (QED) is 0.800. The van der Waals surface area contributed by atoms with Gasteiger partial charge in [0.1, 0.15) is 21.3 Å². The first kappa shape index (κ1) is 14.2. The molecule has 0 unspecified atom stereocenters. The molecule has 0 atom stereocenters. The minimum Gasteiger partial charge on any atom is -0.365 e. The largest absolute Gasteiger partial charge is 0.365 e. The van der Waals surface area contributed by atoms with Crippen LogP contribution >= 0.6 is 11.3 Å². The number of rotatable bonds is 4. The Kier molecular flexibility index (Phi) is 3.84. The van der Waals surface area contributed by atoms with Gasteiger partial charge < -0.3 is 10.3 Å². The van der Waals surface area contributed by atoms with Crippen LogP contribution in [0.2, 0.25) is 0 Å². The third-order valence-corrected chi connectivity index (χ3v) is 4.09. The van der Waals surface area contributed by atoms with Crippen molar-refractivity contribution in [2.24, 2.45) is 5.73 Å². The first-order chi connectivity index (χ1) is 10.6. The Hall–Kier alpha value is -2.73. The van der Waals surface area contributed by atoms with Gasteiger partial charge in [0.25, 0.3) is 5.91 Å². The maximum Gasteiger partial charge on any atom is 0.260 e. The molecule has 110 valence electrons. The van der Waals surface area contributed by atoms with Crippen LogP contribution in [0.25, 0.3) is 23.4 Å². The van der Waals surface area contributed by atoms with Gasteiger partial charge in [-0.25, -0.2) is 4.98 Å². The van der Waals surface area contributed by atoms with Crippen LogP contribution in [-0.2, 0) is 0 Å². The summed E-state index contributed by atoms with van der Waals surface area (Å²) >= 11 is 1.25. The van der Waals surface area contributed by atoms with Crippen LogP contribution in [0.4, 0.5) is 0 Å². The molecule has 0 saturated heterocycles. The number of nitrogens with zero attached hydrogens (tertiary/aromatic N) is 2. The lowest BCUT2D eigenvalue weighted by atomic mass is 10.1. The molecule has 0 bridgehead atoms. The summed E-state index contributed by atoms with van der Waals surface area (Å²) in [6.45, 7) is 1.86. The molecule has 3 aromatic rings. The normalized spacial score (nSPS) is 11.1. The van der Waals surface area contributed by atoms with E-state index in [9.17, 15) is 4.79 Å². The molecule has 0 saturated carbocycles. The smallest absolute Gasteiger partial charge is 0.260 e. The molecule has 6 heteroatoms. The number of aryl methyl sites for hydroxylation is 1. The Morgan fingerprint density at radius 2 is 2.05 bits per heavy atom. The molecule has 0 aliphatic heterocycles. The Morgan fingerprint density at radius 3 is 2.73 bits per heavy atom. The molecule has 1 aromatic carbocycles. The standard InChI is InChI=1S/C16H13N3O2S/c1-10-12(7-8-14-18-9-13(22-14)16(17)20)15(19-21-10)11-5-3-2-4-6-11/h2-9H,1H3,(H2,17,20)/b8-7+. The summed E-state index contributed by atoms with van der Waals surface area (Å²) < 4.78 is 5.29. The number of hydrogen-bond acceptors (Lipinski definition) is 5. The van der Waals surface area contributed by atoms with Gasteiger partial charge in [-0.05, 0) is 19.1 Å². The average molecular weight is 311 g/mol. The number of hydrogen-bond donors (Lipinski definition) is 1. The Labute approximate surface area is 131 Å². The first-order valence-electron chi connectivity index (χ1n) is 6.60. The van der Waals surface area contributed by atoms with E-state index >= 15 is 0 Å². The molecule has 0 spiro atoms. The maximum atomic E-state index is 11.1. The highest BCUT2D eigenvalue weighted by Crippen LogP contribution is 2.27. The zero-order valence-corrected chi connectivity index (χ0v) is 12.6. The van der Waals surface area contributed by atoms with E-state index in [0.717, 1.165) is 22.6 Å². The van der Waals surface area contributed by atoms with E-state index < -0.39 is 5.91 Å². The van der Waals surface area contributed by atoms with Gasteiger partial charge in [-0.3, -0.25) is 4.79 Å². The Bertz CT molecular complexity index is 834. The minimum atomic E-state index is -0.469. The average Bonchev–Trinajstić information content (AvgIpc) is 3.13. The van der Waals surface area contributed by atoms with Gasteiger partial charge in [-0.2, -0.15) is 0 Å². The summed E-state index contributed by atoms with van der Waals surface area (Å²) in [6.07, 6.45) is 5.19. The monoisotopic (exact) mass is 311 g/mol. The fraction of sp³-hybridized carbons (Fsp3) is 0.0625. The lowest BCUT2D eigenvalue weighted by molar-refractivity contribution is 0.100. The van der Waals surface area contributed by atoms with Crippen LogP contribution in [0.5, 0.6) is 0 Å². The van der Waals surface area contributed by atoms with E-state index in [1.807, 2.05) is 49.4 Å². The molecule has 0 fully saturated rings. The van der Waals surface area contributed by atoms with E-state index in [4.69, 9.17) is 10.3 Å². The second kappa shape index (κ2) is 5.95. The number of carbonyl (C=O) groups excluding carboxylic acids is 1. The van der Waals surface area contributed by atoms with Crippen LogP contribution in [0, 0.1) is 6.92 Å². The molecule has 0 radical (unpaired) electrons. The van der Waals surface area contributed by atoms with E-state index in [1.54, 1.807) is 0 Å². The highest BCUT2D eigenvalue weighted by Gasteiger charge is 2.12. The highest BCUT2D eigenvalue weighted by atomic mass is 32.1. The minimum absolute atomic E-state index is 0.435. The van der Waals surface area contributed by atoms with Crippen molar-refractivity contribution in [1.82, 2.24) is 10.1 Å². The van der Waals surface area contributed by atoms with Gasteiger partial charge in [0.05, 0.1) is 6.20 Å². The second-order valence-electron chi connectivity index (χ2n) is 4.63. The summed E-state index contributed by atoms with van der Waals surface area (Å²) in [7, 11) is 0. The van der Waals surface area contributed by atoms with Crippen molar-refractivity contribution in [3.05, 3.63) is 57.7 Å². The SMILES string of the molecule is Cc1onc(-c2ccccc2)c1/C=C/c1ncc(C(N)=O)s1. The molecule has 1 amide bonds. The van der Waals surface area contributed by atoms with Crippen molar-refractivity contribution in [3.8, 4) is 11.3 Å². The van der Waals surface area contributed by atoms with Gasteiger partial charge in [0.2, 0.25) is 0 Å². The Balaban J connectivity index is 1.93. The van der Waals surface area contributed by atoms with Crippen molar-refractivity contribution in [2.45, 2.75) is 6.92 Å². The summed E-state index contributed by atoms with van der Waals surface area (Å²) in [5, 5.41) is 4.82. The molecule has 0 aliphatic rings. The van der Waals surface area contributed by atoms with Crippen LogP contribution in [0.3, 0.4) is 0 Å². The molecule has 0 aliphatic carbocycles. The zero-order chi connectivity index (χ0) is 15.5. The Morgan fingerprint density at radius 1 is 1.27 bits per heavy atom. The number of carbonyl (C=O) groups is 1. The number of benzene rings is 1. The van der Waals surface area contributed by atoms with Crippen molar-refractivity contribution in [1.29, 1.82) is 0 Å². The topological polar surface area (TPSA) is 82.0 Å². The van der Waals surface area contributed by atoms with Gasteiger partial charge in [-0.1, -0.05) is 35.5 Å². The van der Waals surface area contributed by atoms with Crippen molar-refractivity contribution in [3.63, 3.8) is 0 Å². The van der Waals surface area contributed by atoms with Gasteiger partial charge in [0.15, 0.2) is 0 Å². The lowest BCUT2D eigenvalue weighted by Crippen LogP contribution is -2.08. The number of primary amides is 1. The lowest BCUT2D eigenvalue weighted by Gasteiger charge is -1.97. The highest BCUT2D eigenvalue weighted by molar-refractivity contribution is 7.14. The van der Waals surface area contributed by atoms with Crippen LogP contribution in [0.1, 0.15) is 26.0 Å². The molecular formula is C16H13N3O2S. The summed E-state index contributed by atoms with van der Waals surface area (Å²) in [5.41, 5.74) is 7.88. The fourth-order valence-corrected chi connectivity index (χ4v) is 2.69. The number of aromatic nitrogens is 2. The van der Waals surface area contributed by atoms with E-state index in [1.165, 1.54) is 17.5 Å². The predicted octanol–water partition coefficient (Wildman–Crippen LogP) is 3.38. The predicted molar refractivity (Wildman–Crippen MR) is 86.2 cm³/mol. The maximum absolute atomic E-state index is 11.1. The van der Waals surface area contributed by atoms with Crippen LogP contribution in [-0.4, -0.2) is 16.0 Å². The molecule has 2 N–H and O–H groups in total. The molecule has 2 aromatic heterocycles. The van der Waals surface area contributed by atoms with Crippen molar-refractivity contribution in [2.75, 3.05) is 0 Å². The summed E-state index contributed by atoms with van der Waals surface area (Å²) in [6, 6.07) is 9.80. The summed E-state index contributed by atoms with van der Waals surface area (Å²) in [5.74, 6) is 0.255. The second-order valence-corrected chi connectivity index (χ2v) is 5.69. The van der Waals surface area contributed by atoms with Gasteiger partial charge >= 0.3 is 0 Å². The molecule has 2 heterocycles. The molecule has 3 rings (SSSR count). The summed E-state index contributed by atoms with van der Waals surface area (Å²) in [4.78, 5) is 15.7. The van der Waals surface area contributed by atoms with Crippen LogP contribution in [0.15, 0.2) is 41.1 Å². The number of thiazole rings is 1. The van der Waals surface area contributed by atoms with Crippen LogP contribution < -0.4 is 5.73 Å². The molecule has 22 heavy (non-hydrogen) atoms. The number of nitrogens with two attached hydrogens (primary N) is 1.